The molecular formula is C25H34N4O4. The highest BCUT2D eigenvalue weighted by molar-refractivity contribution is 5.93. The van der Waals surface area contributed by atoms with Gasteiger partial charge in [-0.05, 0) is 36.1 Å². The summed E-state index contributed by atoms with van der Waals surface area (Å²) in [5.41, 5.74) is 13.1. The average molecular weight is 455 g/mol. The molecule has 0 spiro atoms. The summed E-state index contributed by atoms with van der Waals surface area (Å²) >= 11 is 0. The van der Waals surface area contributed by atoms with Crippen molar-refractivity contribution in [3.8, 4) is 5.75 Å². The molecule has 0 saturated carbocycles. The smallest absolute Gasteiger partial charge is 0.246 e. The van der Waals surface area contributed by atoms with Gasteiger partial charge in [0, 0.05) is 13.0 Å². The molecule has 0 radical (unpaired) electrons. The fourth-order valence-electron chi connectivity index (χ4n) is 3.63. The molecule has 0 aliphatic heterocycles. The van der Waals surface area contributed by atoms with Crippen molar-refractivity contribution in [3.63, 3.8) is 0 Å². The van der Waals surface area contributed by atoms with Crippen molar-refractivity contribution in [3.05, 3.63) is 65.7 Å². The minimum absolute atomic E-state index is 0.0949. The third kappa shape index (κ3) is 7.32. The third-order valence-corrected chi connectivity index (χ3v) is 5.69. The molecule has 0 aliphatic carbocycles. The number of primary amides is 1. The van der Waals surface area contributed by atoms with E-state index >= 15 is 0 Å². The van der Waals surface area contributed by atoms with E-state index in [0.717, 1.165) is 11.1 Å². The number of phenols is 1. The summed E-state index contributed by atoms with van der Waals surface area (Å²) in [6.07, 6.45) is 0.801. The number of nitrogens with zero attached hydrogens (tertiary/aromatic N) is 1. The summed E-state index contributed by atoms with van der Waals surface area (Å²) in [6.45, 7) is 5.50. The quantitative estimate of drug-likeness (QED) is 0.409. The number of rotatable bonds is 11. The van der Waals surface area contributed by atoms with Crippen LogP contribution < -0.4 is 16.8 Å². The SMILES string of the molecule is CC[C@H](C)[C@@H](C(N)=O)N(Cc1ccccc1)C(=O)[C@H](Cc1ccc(O)cc1)NC(=O)[C@H](C)N. The van der Waals surface area contributed by atoms with Gasteiger partial charge in [0.25, 0.3) is 0 Å². The molecule has 2 aromatic carbocycles. The summed E-state index contributed by atoms with van der Waals surface area (Å²) < 4.78 is 0. The number of nitrogens with two attached hydrogens (primary N) is 2. The van der Waals surface area contributed by atoms with Crippen LogP contribution in [0.3, 0.4) is 0 Å². The van der Waals surface area contributed by atoms with Gasteiger partial charge < -0.3 is 26.8 Å². The maximum absolute atomic E-state index is 13.9. The zero-order chi connectivity index (χ0) is 24.5. The van der Waals surface area contributed by atoms with E-state index in [1.165, 1.54) is 24.0 Å². The van der Waals surface area contributed by atoms with Crippen LogP contribution in [-0.4, -0.2) is 45.9 Å². The van der Waals surface area contributed by atoms with E-state index in [1.807, 2.05) is 44.2 Å². The second-order valence-corrected chi connectivity index (χ2v) is 8.40. The fourth-order valence-corrected chi connectivity index (χ4v) is 3.63. The summed E-state index contributed by atoms with van der Waals surface area (Å²) in [5, 5.41) is 12.3. The minimum atomic E-state index is -0.970. The van der Waals surface area contributed by atoms with Gasteiger partial charge in [-0.3, -0.25) is 14.4 Å². The highest BCUT2D eigenvalue weighted by atomic mass is 16.3. The van der Waals surface area contributed by atoms with Gasteiger partial charge in [0.2, 0.25) is 17.7 Å². The highest BCUT2D eigenvalue weighted by Gasteiger charge is 2.36. The topological polar surface area (TPSA) is 139 Å². The number of hydrogen-bond acceptors (Lipinski definition) is 5. The number of benzene rings is 2. The van der Waals surface area contributed by atoms with Gasteiger partial charge in [-0.2, -0.15) is 0 Å². The van der Waals surface area contributed by atoms with Crippen molar-refractivity contribution in [2.75, 3.05) is 0 Å². The van der Waals surface area contributed by atoms with E-state index in [1.54, 1.807) is 12.1 Å². The second-order valence-electron chi connectivity index (χ2n) is 8.40. The molecule has 0 heterocycles. The van der Waals surface area contributed by atoms with E-state index in [4.69, 9.17) is 11.5 Å². The Hall–Kier alpha value is -3.39. The lowest BCUT2D eigenvalue weighted by Gasteiger charge is -2.36. The van der Waals surface area contributed by atoms with Crippen LogP contribution in [0.5, 0.6) is 5.75 Å². The zero-order valence-electron chi connectivity index (χ0n) is 19.4. The molecule has 4 atom stereocenters. The molecule has 0 aliphatic rings. The van der Waals surface area contributed by atoms with Gasteiger partial charge in [-0.1, -0.05) is 62.7 Å². The van der Waals surface area contributed by atoms with Gasteiger partial charge in [0.05, 0.1) is 6.04 Å². The molecule has 0 aromatic heterocycles. The molecule has 3 amide bonds. The Bertz CT molecular complexity index is 931. The summed E-state index contributed by atoms with van der Waals surface area (Å²) in [6, 6.07) is 13.0. The first-order valence-electron chi connectivity index (χ1n) is 11.1. The molecule has 0 bridgehead atoms. The Morgan fingerprint density at radius 3 is 2.12 bits per heavy atom. The van der Waals surface area contributed by atoms with Crippen LogP contribution >= 0.6 is 0 Å². The third-order valence-electron chi connectivity index (χ3n) is 5.69. The van der Waals surface area contributed by atoms with Crippen LogP contribution in [0.15, 0.2) is 54.6 Å². The highest BCUT2D eigenvalue weighted by Crippen LogP contribution is 2.21. The average Bonchev–Trinajstić information content (AvgIpc) is 2.79. The van der Waals surface area contributed by atoms with Crippen molar-refractivity contribution in [1.29, 1.82) is 0 Å². The van der Waals surface area contributed by atoms with E-state index in [2.05, 4.69) is 5.32 Å². The summed E-state index contributed by atoms with van der Waals surface area (Å²) in [4.78, 5) is 40.2. The largest absolute Gasteiger partial charge is 0.508 e. The van der Waals surface area contributed by atoms with Gasteiger partial charge in [-0.15, -0.1) is 0 Å². The Morgan fingerprint density at radius 1 is 1.00 bits per heavy atom. The first-order chi connectivity index (χ1) is 15.6. The second kappa shape index (κ2) is 12.0. The number of carbonyl (C=O) groups excluding carboxylic acids is 3. The van der Waals surface area contributed by atoms with Gasteiger partial charge in [-0.25, -0.2) is 0 Å². The number of hydrogen-bond donors (Lipinski definition) is 4. The van der Waals surface area contributed by atoms with E-state index < -0.39 is 35.8 Å². The lowest BCUT2D eigenvalue weighted by molar-refractivity contribution is -0.145. The monoisotopic (exact) mass is 454 g/mol. The fraction of sp³-hybridized carbons (Fsp3) is 0.400. The Kier molecular flexibility index (Phi) is 9.42. The van der Waals surface area contributed by atoms with Crippen LogP contribution in [-0.2, 0) is 27.3 Å². The molecule has 6 N–H and O–H groups in total. The molecular weight excluding hydrogens is 420 g/mol. The number of carbonyl (C=O) groups is 3. The first kappa shape index (κ1) is 25.9. The minimum Gasteiger partial charge on any atom is -0.508 e. The summed E-state index contributed by atoms with van der Waals surface area (Å²) in [5.74, 6) is -1.60. The maximum Gasteiger partial charge on any atom is 0.246 e. The molecule has 8 heteroatoms. The van der Waals surface area contributed by atoms with Crippen molar-refractivity contribution < 1.29 is 19.5 Å². The zero-order valence-corrected chi connectivity index (χ0v) is 19.4. The number of amides is 3. The van der Waals surface area contributed by atoms with Crippen LogP contribution in [0.1, 0.15) is 38.3 Å². The molecule has 178 valence electrons. The van der Waals surface area contributed by atoms with E-state index in [-0.39, 0.29) is 24.6 Å². The predicted octanol–water partition coefficient (Wildman–Crippen LogP) is 1.70. The first-order valence-corrected chi connectivity index (χ1v) is 11.1. The standard InChI is InChI=1S/C25H34N4O4/c1-4-16(2)22(23(27)31)29(15-19-8-6-5-7-9-19)25(33)21(28-24(32)17(3)26)14-18-10-12-20(30)13-11-18/h5-13,16-17,21-22,30H,4,14-15,26H2,1-3H3,(H2,27,31)(H,28,32)/t16-,17-,21-,22-/m0/s1. The molecule has 8 nitrogen and oxygen atoms in total. The Labute approximate surface area is 195 Å². The number of phenolic OH excluding ortho intramolecular Hbond substituents is 1. The summed E-state index contributed by atoms with van der Waals surface area (Å²) in [7, 11) is 0. The Balaban J connectivity index is 2.46. The molecule has 0 unspecified atom stereocenters. The van der Waals surface area contributed by atoms with E-state index in [0.29, 0.717) is 6.42 Å². The molecule has 2 aromatic rings. The Morgan fingerprint density at radius 2 is 1.61 bits per heavy atom. The predicted molar refractivity (Wildman–Crippen MR) is 127 cm³/mol. The molecule has 0 fully saturated rings. The van der Waals surface area contributed by atoms with Gasteiger partial charge in [0.1, 0.15) is 17.8 Å². The lowest BCUT2D eigenvalue weighted by atomic mass is 9.94. The molecule has 33 heavy (non-hydrogen) atoms. The number of nitrogens with one attached hydrogen (secondary N) is 1. The molecule has 0 saturated heterocycles. The van der Waals surface area contributed by atoms with Crippen molar-refractivity contribution in [2.45, 2.75) is 58.3 Å². The van der Waals surface area contributed by atoms with Crippen LogP contribution in [0.4, 0.5) is 0 Å². The maximum atomic E-state index is 13.9. The normalized spacial score (nSPS) is 14.5. The van der Waals surface area contributed by atoms with Gasteiger partial charge in [0.15, 0.2) is 0 Å². The van der Waals surface area contributed by atoms with E-state index in [9.17, 15) is 19.5 Å². The van der Waals surface area contributed by atoms with Crippen LogP contribution in [0, 0.1) is 5.92 Å². The van der Waals surface area contributed by atoms with Gasteiger partial charge >= 0.3 is 0 Å². The van der Waals surface area contributed by atoms with Crippen molar-refractivity contribution >= 4 is 17.7 Å². The molecule has 2 rings (SSSR count). The van der Waals surface area contributed by atoms with Crippen molar-refractivity contribution in [2.24, 2.45) is 17.4 Å². The number of aromatic hydroxyl groups is 1. The van der Waals surface area contributed by atoms with Crippen molar-refractivity contribution in [1.82, 2.24) is 10.2 Å². The van der Waals surface area contributed by atoms with Crippen LogP contribution in [0.2, 0.25) is 0 Å². The lowest BCUT2D eigenvalue weighted by Crippen LogP contribution is -2.58. The van der Waals surface area contributed by atoms with Crippen LogP contribution in [0.25, 0.3) is 0 Å².